The molecule has 0 aliphatic carbocycles. The van der Waals surface area contributed by atoms with Crippen molar-refractivity contribution in [2.24, 2.45) is 0 Å². The van der Waals surface area contributed by atoms with E-state index in [4.69, 9.17) is 0 Å². The van der Waals surface area contributed by atoms with E-state index in [9.17, 15) is 4.79 Å². The summed E-state index contributed by atoms with van der Waals surface area (Å²) in [7, 11) is 0. The van der Waals surface area contributed by atoms with Gasteiger partial charge in [0, 0.05) is 32.7 Å². The molecule has 6 nitrogen and oxygen atoms in total. The molecule has 0 unspecified atom stereocenters. The minimum absolute atomic E-state index is 0.154. The number of hydrogen-bond donors (Lipinski definition) is 0. The van der Waals surface area contributed by atoms with E-state index >= 15 is 0 Å². The zero-order valence-electron chi connectivity index (χ0n) is 16.6. The fourth-order valence-electron chi connectivity index (χ4n) is 3.46. The third kappa shape index (κ3) is 5.25. The van der Waals surface area contributed by atoms with Crippen LogP contribution >= 0.6 is 11.8 Å². The third-order valence-electron chi connectivity index (χ3n) is 5.03. The number of para-hydroxylation sites is 1. The summed E-state index contributed by atoms with van der Waals surface area (Å²) in [6.45, 7) is 6.43. The van der Waals surface area contributed by atoms with Crippen molar-refractivity contribution in [1.82, 2.24) is 24.6 Å². The van der Waals surface area contributed by atoms with Crippen LogP contribution in [-0.4, -0.2) is 62.4 Å². The molecule has 1 fully saturated rings. The summed E-state index contributed by atoms with van der Waals surface area (Å²) in [5.41, 5.74) is 3.58. The van der Waals surface area contributed by atoms with E-state index < -0.39 is 0 Å². The van der Waals surface area contributed by atoms with Crippen LogP contribution in [0.25, 0.3) is 5.69 Å². The van der Waals surface area contributed by atoms with E-state index in [1.54, 1.807) is 11.0 Å². The Labute approximate surface area is 175 Å². The Morgan fingerprint density at radius 2 is 1.83 bits per heavy atom. The molecular formula is C22H25N5OS. The highest BCUT2D eigenvalue weighted by Gasteiger charge is 2.21. The van der Waals surface area contributed by atoms with Gasteiger partial charge in [-0.3, -0.25) is 9.69 Å². The highest BCUT2D eigenvalue weighted by Crippen LogP contribution is 2.16. The standard InChI is InChI=1S/C22H25N5OS/c1-18-6-5-7-19(14-18)15-25-10-12-26(13-11-25)21(28)16-29-22-23-17-27(24-22)20-8-3-2-4-9-20/h2-9,14,17H,10-13,15-16H2,1H3. The molecule has 1 aliphatic heterocycles. The normalized spacial score (nSPS) is 14.9. The van der Waals surface area contributed by atoms with Crippen LogP contribution in [0.15, 0.2) is 66.1 Å². The molecule has 2 aromatic carbocycles. The molecule has 2 heterocycles. The average Bonchev–Trinajstić information content (AvgIpc) is 3.22. The maximum Gasteiger partial charge on any atom is 0.233 e. The molecule has 1 aromatic heterocycles. The summed E-state index contributed by atoms with van der Waals surface area (Å²) in [6.07, 6.45) is 1.69. The maximum atomic E-state index is 12.6. The maximum absolute atomic E-state index is 12.6. The zero-order chi connectivity index (χ0) is 20.1. The van der Waals surface area contributed by atoms with Gasteiger partial charge in [0.2, 0.25) is 11.1 Å². The van der Waals surface area contributed by atoms with Gasteiger partial charge < -0.3 is 4.90 Å². The first-order valence-electron chi connectivity index (χ1n) is 9.83. The number of benzene rings is 2. The summed E-state index contributed by atoms with van der Waals surface area (Å²) in [5, 5.41) is 5.08. The van der Waals surface area contributed by atoms with Crippen LogP contribution in [0.1, 0.15) is 11.1 Å². The number of carbonyl (C=O) groups excluding carboxylic acids is 1. The number of rotatable bonds is 6. The molecule has 3 aromatic rings. The Morgan fingerprint density at radius 1 is 1.03 bits per heavy atom. The predicted octanol–water partition coefficient (Wildman–Crippen LogP) is 3.01. The number of nitrogens with zero attached hydrogens (tertiary/aromatic N) is 5. The summed E-state index contributed by atoms with van der Waals surface area (Å²) < 4.78 is 1.73. The van der Waals surface area contributed by atoms with Crippen molar-refractivity contribution in [3.8, 4) is 5.69 Å². The van der Waals surface area contributed by atoms with E-state index in [-0.39, 0.29) is 5.91 Å². The first kappa shape index (κ1) is 19.7. The lowest BCUT2D eigenvalue weighted by Crippen LogP contribution is -2.48. The largest absolute Gasteiger partial charge is 0.339 e. The summed E-state index contributed by atoms with van der Waals surface area (Å²) >= 11 is 1.39. The van der Waals surface area contributed by atoms with Crippen molar-refractivity contribution in [3.63, 3.8) is 0 Å². The van der Waals surface area contributed by atoms with Gasteiger partial charge in [0.15, 0.2) is 0 Å². The second kappa shape index (κ2) is 9.24. The van der Waals surface area contributed by atoms with Gasteiger partial charge in [0.05, 0.1) is 11.4 Å². The highest BCUT2D eigenvalue weighted by molar-refractivity contribution is 7.99. The van der Waals surface area contributed by atoms with E-state index in [2.05, 4.69) is 46.2 Å². The molecule has 1 saturated heterocycles. The average molecular weight is 408 g/mol. The van der Waals surface area contributed by atoms with Gasteiger partial charge in [-0.05, 0) is 24.6 Å². The van der Waals surface area contributed by atoms with E-state index in [0.717, 1.165) is 38.4 Å². The molecule has 1 aliphatic rings. The topological polar surface area (TPSA) is 54.3 Å². The first-order chi connectivity index (χ1) is 14.2. The van der Waals surface area contributed by atoms with Crippen LogP contribution in [0.2, 0.25) is 0 Å². The Bertz CT molecular complexity index is 951. The van der Waals surface area contributed by atoms with Crippen LogP contribution in [0.5, 0.6) is 0 Å². The smallest absolute Gasteiger partial charge is 0.233 e. The van der Waals surface area contributed by atoms with Crippen molar-refractivity contribution in [2.45, 2.75) is 18.6 Å². The molecule has 0 atom stereocenters. The van der Waals surface area contributed by atoms with E-state index in [0.29, 0.717) is 10.9 Å². The number of carbonyl (C=O) groups is 1. The van der Waals surface area contributed by atoms with Gasteiger partial charge in [0.1, 0.15) is 6.33 Å². The number of thioether (sulfide) groups is 1. The lowest BCUT2D eigenvalue weighted by atomic mass is 10.1. The molecule has 150 valence electrons. The van der Waals surface area contributed by atoms with Crippen molar-refractivity contribution in [3.05, 3.63) is 72.1 Å². The quantitative estimate of drug-likeness (QED) is 0.588. The zero-order valence-corrected chi connectivity index (χ0v) is 17.4. The van der Waals surface area contributed by atoms with Crippen molar-refractivity contribution >= 4 is 17.7 Å². The molecule has 7 heteroatoms. The van der Waals surface area contributed by atoms with Gasteiger partial charge in [-0.15, -0.1) is 5.10 Å². The summed E-state index contributed by atoms with van der Waals surface area (Å²) in [5.74, 6) is 0.526. The Balaban J connectivity index is 1.24. The molecule has 0 bridgehead atoms. The fraction of sp³-hybridized carbons (Fsp3) is 0.318. The Morgan fingerprint density at radius 3 is 2.59 bits per heavy atom. The van der Waals surface area contributed by atoms with Crippen molar-refractivity contribution in [1.29, 1.82) is 0 Å². The van der Waals surface area contributed by atoms with Gasteiger partial charge >= 0.3 is 0 Å². The van der Waals surface area contributed by atoms with Crippen LogP contribution in [0.4, 0.5) is 0 Å². The van der Waals surface area contributed by atoms with E-state index in [1.165, 1.54) is 22.9 Å². The highest BCUT2D eigenvalue weighted by atomic mass is 32.2. The predicted molar refractivity (Wildman–Crippen MR) is 115 cm³/mol. The van der Waals surface area contributed by atoms with Crippen molar-refractivity contribution < 1.29 is 4.79 Å². The van der Waals surface area contributed by atoms with Crippen LogP contribution in [-0.2, 0) is 11.3 Å². The Hall–Kier alpha value is -2.64. The third-order valence-corrected chi connectivity index (χ3v) is 5.87. The molecular weight excluding hydrogens is 382 g/mol. The van der Waals surface area contributed by atoms with Gasteiger partial charge in [-0.25, -0.2) is 9.67 Å². The molecule has 0 spiro atoms. The van der Waals surface area contributed by atoms with Crippen LogP contribution < -0.4 is 0 Å². The first-order valence-corrected chi connectivity index (χ1v) is 10.8. The minimum Gasteiger partial charge on any atom is -0.339 e. The molecule has 0 saturated carbocycles. The number of aryl methyl sites for hydroxylation is 1. The molecule has 1 amide bonds. The van der Waals surface area contributed by atoms with Gasteiger partial charge in [-0.1, -0.05) is 59.8 Å². The lowest BCUT2D eigenvalue weighted by molar-refractivity contribution is -0.130. The number of hydrogen-bond acceptors (Lipinski definition) is 5. The number of amides is 1. The van der Waals surface area contributed by atoms with Gasteiger partial charge in [0.25, 0.3) is 0 Å². The van der Waals surface area contributed by atoms with Gasteiger partial charge in [-0.2, -0.15) is 0 Å². The monoisotopic (exact) mass is 407 g/mol. The van der Waals surface area contributed by atoms with Crippen molar-refractivity contribution in [2.75, 3.05) is 31.9 Å². The fourth-order valence-corrected chi connectivity index (χ4v) is 4.16. The van der Waals surface area contributed by atoms with E-state index in [1.807, 2.05) is 35.2 Å². The molecule has 29 heavy (non-hydrogen) atoms. The minimum atomic E-state index is 0.154. The van der Waals surface area contributed by atoms with Crippen LogP contribution in [0.3, 0.4) is 0 Å². The lowest BCUT2D eigenvalue weighted by Gasteiger charge is -2.34. The SMILES string of the molecule is Cc1cccc(CN2CCN(C(=O)CSc3ncn(-c4ccccc4)n3)CC2)c1. The second-order valence-electron chi connectivity index (χ2n) is 7.24. The number of piperazine rings is 1. The summed E-state index contributed by atoms with van der Waals surface area (Å²) in [6, 6.07) is 18.5. The molecule has 4 rings (SSSR count). The number of aromatic nitrogens is 3. The summed E-state index contributed by atoms with van der Waals surface area (Å²) in [4.78, 5) is 21.3. The second-order valence-corrected chi connectivity index (χ2v) is 8.18. The molecule has 0 radical (unpaired) electrons. The Kier molecular flexibility index (Phi) is 6.27. The van der Waals surface area contributed by atoms with Crippen LogP contribution in [0, 0.1) is 6.92 Å². The molecule has 0 N–H and O–H groups in total.